The molecule has 1 aromatic heterocycles. The number of nitrogens with one attached hydrogen (secondary N) is 1. The molecule has 1 heterocycles. The molecule has 0 amide bonds. The van der Waals surface area contributed by atoms with Crippen molar-refractivity contribution in [1.29, 1.82) is 0 Å². The van der Waals surface area contributed by atoms with Crippen LogP contribution >= 0.6 is 0 Å². The molecule has 0 aliphatic rings. The Labute approximate surface area is 91.7 Å². The Balaban J connectivity index is 2.22. The van der Waals surface area contributed by atoms with Gasteiger partial charge in [-0.05, 0) is 18.5 Å². The Morgan fingerprint density at radius 1 is 1.47 bits per heavy atom. The monoisotopic (exact) mass is 208 g/mol. The van der Waals surface area contributed by atoms with Crippen LogP contribution in [0.25, 0.3) is 0 Å². The third kappa shape index (κ3) is 4.74. The number of aromatic nitrogens is 2. The van der Waals surface area contributed by atoms with Gasteiger partial charge in [-0.25, -0.2) is 9.97 Å². The van der Waals surface area contributed by atoms with Crippen LogP contribution in [0.1, 0.15) is 13.8 Å². The molecule has 0 spiro atoms. The molecule has 0 saturated carbocycles. The van der Waals surface area contributed by atoms with Crippen molar-refractivity contribution in [3.05, 3.63) is 18.6 Å². The summed E-state index contributed by atoms with van der Waals surface area (Å²) in [6.07, 6.45) is 3.34. The Kier molecular flexibility index (Phi) is 5.04. The van der Waals surface area contributed by atoms with E-state index >= 15 is 0 Å². The van der Waals surface area contributed by atoms with E-state index in [1.54, 1.807) is 12.5 Å². The minimum absolute atomic E-state index is 0.703. The molecule has 4 nitrogen and oxygen atoms in total. The minimum Gasteiger partial charge on any atom is -0.358 e. The summed E-state index contributed by atoms with van der Waals surface area (Å²) in [4.78, 5) is 10.2. The fourth-order valence-corrected chi connectivity index (χ4v) is 1.26. The lowest BCUT2D eigenvalue weighted by molar-refractivity contribution is 0.554. The largest absolute Gasteiger partial charge is 0.358 e. The highest BCUT2D eigenvalue weighted by atomic mass is 15.2. The third-order valence-electron chi connectivity index (χ3n) is 2.13. The van der Waals surface area contributed by atoms with E-state index in [4.69, 9.17) is 0 Å². The summed E-state index contributed by atoms with van der Waals surface area (Å²) in [5.74, 6) is 1.67. The van der Waals surface area contributed by atoms with Gasteiger partial charge in [-0.2, -0.15) is 0 Å². The average molecular weight is 208 g/mol. The Bertz CT molecular complexity index is 261. The summed E-state index contributed by atoms with van der Waals surface area (Å²) in [6.45, 7) is 7.43. The zero-order valence-electron chi connectivity index (χ0n) is 9.77. The molecular formula is C11H20N4. The summed E-state index contributed by atoms with van der Waals surface area (Å²) >= 11 is 0. The van der Waals surface area contributed by atoms with E-state index in [9.17, 15) is 0 Å². The molecule has 0 unspecified atom stereocenters. The topological polar surface area (TPSA) is 41.0 Å². The molecule has 0 fully saturated rings. The smallest absolute Gasteiger partial charge is 0.131 e. The van der Waals surface area contributed by atoms with E-state index in [-0.39, 0.29) is 0 Å². The molecule has 1 rings (SSSR count). The van der Waals surface area contributed by atoms with Gasteiger partial charge in [0.1, 0.15) is 12.1 Å². The van der Waals surface area contributed by atoms with E-state index in [1.165, 1.54) is 0 Å². The van der Waals surface area contributed by atoms with Gasteiger partial charge in [0.15, 0.2) is 0 Å². The van der Waals surface area contributed by atoms with Gasteiger partial charge < -0.3 is 10.2 Å². The van der Waals surface area contributed by atoms with Crippen molar-refractivity contribution in [1.82, 2.24) is 15.3 Å². The second kappa shape index (κ2) is 6.35. The predicted octanol–water partition coefficient (Wildman–Crippen LogP) is 1.16. The molecule has 1 aromatic rings. The molecule has 0 aliphatic heterocycles. The highest BCUT2D eigenvalue weighted by molar-refractivity contribution is 5.34. The molecule has 0 aliphatic carbocycles. The predicted molar refractivity (Wildman–Crippen MR) is 63.0 cm³/mol. The zero-order chi connectivity index (χ0) is 11.1. The Morgan fingerprint density at radius 3 is 2.87 bits per heavy atom. The third-order valence-corrected chi connectivity index (χ3v) is 2.13. The Hall–Kier alpha value is -1.16. The summed E-state index contributed by atoms with van der Waals surface area (Å²) in [5, 5.41) is 3.40. The first-order valence-electron chi connectivity index (χ1n) is 5.38. The van der Waals surface area contributed by atoms with Crippen LogP contribution in [0.15, 0.2) is 18.6 Å². The van der Waals surface area contributed by atoms with Crippen LogP contribution in [-0.2, 0) is 0 Å². The first-order valence-corrected chi connectivity index (χ1v) is 5.38. The standard InChI is InChI=1S/C11H20N4/c1-10(2)8-12-6-7-15(3)11-4-5-13-9-14-11/h4-5,9-10,12H,6-8H2,1-3H3. The van der Waals surface area contributed by atoms with Gasteiger partial charge in [-0.15, -0.1) is 0 Å². The summed E-state index contributed by atoms with van der Waals surface area (Å²) in [5.41, 5.74) is 0. The van der Waals surface area contributed by atoms with Crippen LogP contribution in [0.2, 0.25) is 0 Å². The van der Waals surface area contributed by atoms with Gasteiger partial charge in [0.2, 0.25) is 0 Å². The maximum Gasteiger partial charge on any atom is 0.131 e. The number of hydrogen-bond donors (Lipinski definition) is 1. The number of nitrogens with zero attached hydrogens (tertiary/aromatic N) is 3. The molecule has 0 saturated heterocycles. The normalized spacial score (nSPS) is 10.7. The van der Waals surface area contributed by atoms with Crippen LogP contribution in [-0.4, -0.2) is 36.6 Å². The van der Waals surface area contributed by atoms with Crippen LogP contribution in [0.3, 0.4) is 0 Å². The van der Waals surface area contributed by atoms with Crippen molar-refractivity contribution >= 4 is 5.82 Å². The molecule has 0 aromatic carbocycles. The maximum atomic E-state index is 4.18. The van der Waals surface area contributed by atoms with Crippen molar-refractivity contribution in [2.24, 2.45) is 5.92 Å². The van der Waals surface area contributed by atoms with E-state index in [0.29, 0.717) is 5.92 Å². The lowest BCUT2D eigenvalue weighted by Crippen LogP contribution is -2.31. The lowest BCUT2D eigenvalue weighted by Gasteiger charge is -2.18. The zero-order valence-corrected chi connectivity index (χ0v) is 9.77. The Morgan fingerprint density at radius 2 is 2.27 bits per heavy atom. The molecule has 84 valence electrons. The highest BCUT2D eigenvalue weighted by Gasteiger charge is 2.00. The number of rotatable bonds is 6. The lowest BCUT2D eigenvalue weighted by atomic mass is 10.2. The van der Waals surface area contributed by atoms with Crippen molar-refractivity contribution in [3.8, 4) is 0 Å². The number of likely N-dealkylation sites (N-methyl/N-ethyl adjacent to an activating group) is 1. The molecular weight excluding hydrogens is 188 g/mol. The van der Waals surface area contributed by atoms with Gasteiger partial charge in [0.25, 0.3) is 0 Å². The van der Waals surface area contributed by atoms with E-state index in [2.05, 4.69) is 34.0 Å². The van der Waals surface area contributed by atoms with Gasteiger partial charge in [0, 0.05) is 26.3 Å². The summed E-state index contributed by atoms with van der Waals surface area (Å²) in [7, 11) is 2.04. The first kappa shape index (κ1) is 11.9. The van der Waals surface area contributed by atoms with E-state index in [0.717, 1.165) is 25.5 Å². The van der Waals surface area contributed by atoms with E-state index in [1.807, 2.05) is 13.1 Å². The average Bonchev–Trinajstić information content (AvgIpc) is 2.25. The van der Waals surface area contributed by atoms with E-state index < -0.39 is 0 Å². The van der Waals surface area contributed by atoms with Crippen molar-refractivity contribution in [2.45, 2.75) is 13.8 Å². The second-order valence-electron chi connectivity index (χ2n) is 4.09. The van der Waals surface area contributed by atoms with Gasteiger partial charge in [-0.1, -0.05) is 13.8 Å². The van der Waals surface area contributed by atoms with Crippen molar-refractivity contribution < 1.29 is 0 Å². The summed E-state index contributed by atoms with van der Waals surface area (Å²) in [6, 6.07) is 1.92. The second-order valence-corrected chi connectivity index (χ2v) is 4.09. The minimum atomic E-state index is 0.703. The SMILES string of the molecule is CC(C)CNCCN(C)c1ccncn1. The maximum absolute atomic E-state index is 4.18. The fraction of sp³-hybridized carbons (Fsp3) is 0.636. The van der Waals surface area contributed by atoms with Gasteiger partial charge >= 0.3 is 0 Å². The van der Waals surface area contributed by atoms with Crippen LogP contribution < -0.4 is 10.2 Å². The van der Waals surface area contributed by atoms with Gasteiger partial charge in [0.05, 0.1) is 0 Å². The van der Waals surface area contributed by atoms with Crippen LogP contribution in [0, 0.1) is 5.92 Å². The van der Waals surface area contributed by atoms with Crippen molar-refractivity contribution in [2.75, 3.05) is 31.6 Å². The highest BCUT2D eigenvalue weighted by Crippen LogP contribution is 2.03. The van der Waals surface area contributed by atoms with Crippen molar-refractivity contribution in [3.63, 3.8) is 0 Å². The molecule has 0 radical (unpaired) electrons. The van der Waals surface area contributed by atoms with Gasteiger partial charge in [-0.3, -0.25) is 0 Å². The number of anilines is 1. The van der Waals surface area contributed by atoms with Crippen LogP contribution in [0.4, 0.5) is 5.82 Å². The van der Waals surface area contributed by atoms with Crippen LogP contribution in [0.5, 0.6) is 0 Å². The molecule has 15 heavy (non-hydrogen) atoms. The summed E-state index contributed by atoms with van der Waals surface area (Å²) < 4.78 is 0. The quantitative estimate of drug-likeness (QED) is 0.712. The molecule has 4 heteroatoms. The molecule has 0 bridgehead atoms. The molecule has 1 N–H and O–H groups in total. The first-order chi connectivity index (χ1) is 7.20. The molecule has 0 atom stereocenters. The number of hydrogen-bond acceptors (Lipinski definition) is 4. The fourth-order valence-electron chi connectivity index (χ4n) is 1.26.